The van der Waals surface area contributed by atoms with Gasteiger partial charge in [-0.05, 0) is 12.8 Å². The van der Waals surface area contributed by atoms with E-state index in [1.807, 2.05) is 0 Å². The summed E-state index contributed by atoms with van der Waals surface area (Å²) in [6.45, 7) is 0.507. The summed E-state index contributed by atoms with van der Waals surface area (Å²) in [4.78, 5) is 10.5. The fraction of sp³-hybridized carbons (Fsp3) is 0.875. The van der Waals surface area contributed by atoms with Crippen LogP contribution in [0.25, 0.3) is 0 Å². The molecule has 6 heteroatoms. The van der Waals surface area contributed by atoms with E-state index < -0.39 is 18.1 Å². The third-order valence-electron chi connectivity index (χ3n) is 2.04. The third-order valence-corrected chi connectivity index (χ3v) is 2.04. The van der Waals surface area contributed by atoms with E-state index in [1.165, 1.54) is 0 Å². The fourth-order valence-electron chi connectivity index (χ4n) is 1.26. The van der Waals surface area contributed by atoms with Crippen molar-refractivity contribution < 1.29 is 19.7 Å². The smallest absolute Gasteiger partial charge is 0.323 e. The van der Waals surface area contributed by atoms with Gasteiger partial charge in [-0.25, -0.2) is 0 Å². The number of hydrogen-bond donors (Lipinski definition) is 4. The van der Waals surface area contributed by atoms with Crippen LogP contribution in [0.5, 0.6) is 0 Å². The number of nitrogens with two attached hydrogens (primary N) is 2. The first kappa shape index (κ1) is 13.3. The van der Waals surface area contributed by atoms with Crippen molar-refractivity contribution in [3.63, 3.8) is 0 Å². The lowest BCUT2D eigenvalue weighted by atomic mass is 9.99. The summed E-state index contributed by atoms with van der Waals surface area (Å²) < 4.78 is 5.19. The lowest BCUT2D eigenvalue weighted by Gasteiger charge is -2.29. The maximum absolute atomic E-state index is 10.5. The Kier molecular flexibility index (Phi) is 6.39. The zero-order chi connectivity index (χ0) is 11.1. The Morgan fingerprint density at radius 1 is 1.57 bits per heavy atom. The Bertz CT molecular complexity index is 177. The highest BCUT2D eigenvalue weighted by atomic mass is 16.5. The van der Waals surface area contributed by atoms with Crippen molar-refractivity contribution in [1.82, 2.24) is 0 Å². The van der Waals surface area contributed by atoms with E-state index in [-0.39, 0.29) is 6.04 Å². The molecule has 6 nitrogen and oxygen atoms in total. The molecule has 14 heavy (non-hydrogen) atoms. The number of ether oxygens (including phenoxy) is 1. The van der Waals surface area contributed by atoms with Gasteiger partial charge in [-0.3, -0.25) is 4.79 Å². The van der Waals surface area contributed by atoms with Gasteiger partial charge in [0, 0.05) is 19.8 Å². The second-order valence-electron chi connectivity index (χ2n) is 3.06. The SMILES string of the molecule is CO.NC1CCOC(C(N)C(=O)O)C1. The van der Waals surface area contributed by atoms with E-state index >= 15 is 0 Å². The van der Waals surface area contributed by atoms with Crippen LogP contribution in [-0.4, -0.2) is 48.1 Å². The first-order chi connectivity index (χ1) is 6.61. The molecule has 0 amide bonds. The molecule has 0 aromatic carbocycles. The number of hydrogen-bond acceptors (Lipinski definition) is 5. The van der Waals surface area contributed by atoms with Gasteiger partial charge in [-0.1, -0.05) is 0 Å². The summed E-state index contributed by atoms with van der Waals surface area (Å²) in [6, 6.07) is -0.925. The molecule has 1 aliphatic heterocycles. The topological polar surface area (TPSA) is 119 Å². The molecule has 0 radical (unpaired) electrons. The van der Waals surface area contributed by atoms with Crippen molar-refractivity contribution in [1.29, 1.82) is 0 Å². The van der Waals surface area contributed by atoms with Gasteiger partial charge in [0.25, 0.3) is 0 Å². The molecule has 0 spiro atoms. The van der Waals surface area contributed by atoms with E-state index in [1.54, 1.807) is 0 Å². The Morgan fingerprint density at radius 3 is 2.57 bits per heavy atom. The Labute approximate surface area is 82.8 Å². The van der Waals surface area contributed by atoms with E-state index in [2.05, 4.69) is 0 Å². The van der Waals surface area contributed by atoms with E-state index in [0.29, 0.717) is 13.0 Å². The maximum atomic E-state index is 10.5. The van der Waals surface area contributed by atoms with Crippen LogP contribution in [0, 0.1) is 0 Å². The van der Waals surface area contributed by atoms with Gasteiger partial charge in [0.15, 0.2) is 0 Å². The molecule has 0 aliphatic carbocycles. The molecule has 0 aromatic rings. The maximum Gasteiger partial charge on any atom is 0.323 e. The third kappa shape index (κ3) is 4.01. The summed E-state index contributed by atoms with van der Waals surface area (Å²) in [7, 11) is 1.00. The molecule has 1 heterocycles. The molecule has 0 aromatic heterocycles. The second-order valence-corrected chi connectivity index (χ2v) is 3.06. The van der Waals surface area contributed by atoms with Crippen molar-refractivity contribution in [2.75, 3.05) is 13.7 Å². The largest absolute Gasteiger partial charge is 0.480 e. The van der Waals surface area contributed by atoms with Gasteiger partial charge in [-0.15, -0.1) is 0 Å². The second kappa shape index (κ2) is 6.72. The Balaban J connectivity index is 0.000000791. The van der Waals surface area contributed by atoms with Crippen LogP contribution in [0.3, 0.4) is 0 Å². The quantitative estimate of drug-likeness (QED) is 0.437. The average molecular weight is 206 g/mol. The minimum Gasteiger partial charge on any atom is -0.480 e. The molecular formula is C8H18N2O4. The number of aliphatic hydroxyl groups excluding tert-OH is 1. The molecule has 1 aliphatic rings. The molecular weight excluding hydrogens is 188 g/mol. The van der Waals surface area contributed by atoms with Crippen molar-refractivity contribution in [2.24, 2.45) is 11.5 Å². The molecule has 3 unspecified atom stereocenters. The number of carboxylic acids is 1. The van der Waals surface area contributed by atoms with Gasteiger partial charge >= 0.3 is 5.97 Å². The monoisotopic (exact) mass is 206 g/mol. The van der Waals surface area contributed by atoms with E-state index in [0.717, 1.165) is 13.5 Å². The fourth-order valence-corrected chi connectivity index (χ4v) is 1.26. The standard InChI is InChI=1S/C7H14N2O3.CH4O/c8-4-1-2-12-5(3-4)6(9)7(10)11;1-2/h4-6H,1-3,8-9H2,(H,10,11);2H,1H3. The van der Waals surface area contributed by atoms with Gasteiger partial charge in [0.1, 0.15) is 6.04 Å². The van der Waals surface area contributed by atoms with Crippen molar-refractivity contribution >= 4 is 5.97 Å². The van der Waals surface area contributed by atoms with E-state index in [4.69, 9.17) is 26.4 Å². The summed E-state index contributed by atoms with van der Waals surface area (Å²) in [5.74, 6) is -1.03. The highest BCUT2D eigenvalue weighted by Crippen LogP contribution is 2.14. The Morgan fingerprint density at radius 2 is 2.14 bits per heavy atom. The summed E-state index contributed by atoms with van der Waals surface area (Å²) in [5.41, 5.74) is 11.0. The van der Waals surface area contributed by atoms with Crippen LogP contribution >= 0.6 is 0 Å². The van der Waals surface area contributed by atoms with Crippen LogP contribution in [0.4, 0.5) is 0 Å². The molecule has 3 atom stereocenters. The molecule has 1 rings (SSSR count). The Hall–Kier alpha value is -0.690. The van der Waals surface area contributed by atoms with Crippen LogP contribution in [-0.2, 0) is 9.53 Å². The van der Waals surface area contributed by atoms with Crippen molar-refractivity contribution in [3.05, 3.63) is 0 Å². The first-order valence-corrected chi connectivity index (χ1v) is 4.41. The molecule has 1 fully saturated rings. The first-order valence-electron chi connectivity index (χ1n) is 4.41. The highest BCUT2D eigenvalue weighted by Gasteiger charge is 2.29. The molecule has 84 valence electrons. The van der Waals surface area contributed by atoms with Crippen LogP contribution < -0.4 is 11.5 Å². The van der Waals surface area contributed by atoms with E-state index in [9.17, 15) is 4.79 Å². The van der Waals surface area contributed by atoms with Crippen LogP contribution in [0.1, 0.15) is 12.8 Å². The number of rotatable bonds is 2. The normalized spacial score (nSPS) is 28.6. The minimum absolute atomic E-state index is 0.0224. The molecule has 6 N–H and O–H groups in total. The predicted molar refractivity (Wildman–Crippen MR) is 50.7 cm³/mol. The predicted octanol–water partition coefficient (Wildman–Crippen LogP) is -1.49. The number of carbonyl (C=O) groups is 1. The number of aliphatic hydroxyl groups is 1. The lowest BCUT2D eigenvalue weighted by molar-refractivity contribution is -0.143. The zero-order valence-corrected chi connectivity index (χ0v) is 8.22. The average Bonchev–Trinajstić information content (AvgIpc) is 2.19. The van der Waals surface area contributed by atoms with Gasteiger partial charge in [0.05, 0.1) is 6.10 Å². The van der Waals surface area contributed by atoms with Gasteiger partial charge in [-0.2, -0.15) is 0 Å². The lowest BCUT2D eigenvalue weighted by Crippen LogP contribution is -2.48. The van der Waals surface area contributed by atoms with Crippen LogP contribution in [0.2, 0.25) is 0 Å². The zero-order valence-electron chi connectivity index (χ0n) is 8.22. The number of aliphatic carboxylic acids is 1. The minimum atomic E-state index is -1.03. The van der Waals surface area contributed by atoms with Crippen LogP contribution in [0.15, 0.2) is 0 Å². The van der Waals surface area contributed by atoms with Crippen molar-refractivity contribution in [2.45, 2.75) is 31.0 Å². The summed E-state index contributed by atoms with van der Waals surface area (Å²) in [6.07, 6.45) is 0.891. The van der Waals surface area contributed by atoms with Gasteiger partial charge < -0.3 is 26.4 Å². The summed E-state index contributed by atoms with van der Waals surface area (Å²) >= 11 is 0. The highest BCUT2D eigenvalue weighted by molar-refractivity contribution is 5.73. The molecule has 0 saturated carbocycles. The molecule has 1 saturated heterocycles. The van der Waals surface area contributed by atoms with Crippen molar-refractivity contribution in [3.8, 4) is 0 Å². The molecule has 0 bridgehead atoms. The van der Waals surface area contributed by atoms with Gasteiger partial charge in [0.2, 0.25) is 0 Å². The number of carboxylic acid groups (broad SMARTS) is 1. The summed E-state index contributed by atoms with van der Waals surface area (Å²) in [5, 5.41) is 15.6.